The Labute approximate surface area is 220 Å². The van der Waals surface area contributed by atoms with Gasteiger partial charge in [0.2, 0.25) is 0 Å². The molecule has 2 unspecified atom stereocenters. The molecule has 4 nitrogen and oxygen atoms in total. The zero-order valence-corrected chi connectivity index (χ0v) is 20.6. The zero-order valence-electron chi connectivity index (χ0n) is 20.6. The number of fused-ring (bicyclic) bond motifs is 6. The van der Waals surface area contributed by atoms with Crippen molar-refractivity contribution in [3.05, 3.63) is 139 Å². The molecule has 3 aromatic heterocycles. The summed E-state index contributed by atoms with van der Waals surface area (Å²) in [5, 5.41) is 5.85. The fraction of sp³-hybridized carbons (Fsp3) is 0.0588. The molecular weight excluding hydrogens is 464 g/mol. The first-order valence-electron chi connectivity index (χ1n) is 13.0. The number of para-hydroxylation sites is 2. The van der Waals surface area contributed by atoms with Gasteiger partial charge >= 0.3 is 0 Å². The fourth-order valence-corrected chi connectivity index (χ4v) is 6.03. The van der Waals surface area contributed by atoms with E-state index in [1.165, 1.54) is 22.3 Å². The number of pyridine rings is 2. The highest BCUT2D eigenvalue weighted by atomic mass is 15.2. The number of rotatable bonds is 3. The Bertz CT molecular complexity index is 1880. The van der Waals surface area contributed by atoms with Crippen molar-refractivity contribution in [2.45, 2.75) is 12.0 Å². The van der Waals surface area contributed by atoms with E-state index in [-0.39, 0.29) is 0 Å². The maximum atomic E-state index is 4.83. The second kappa shape index (κ2) is 8.29. The van der Waals surface area contributed by atoms with Gasteiger partial charge in [0.1, 0.15) is 0 Å². The summed E-state index contributed by atoms with van der Waals surface area (Å²) in [7, 11) is 0. The normalized spacial score (nSPS) is 17.7. The standard InChI is InChI=1S/C34H24N4/c1-4-10-31-24(7-1)16-20-34-29(22-36-38(31)34)25-15-19-30(35-21-25)23-13-17-26(18-14-23)37-32-11-5-2-8-27(32)28-9-3-6-12-33(28)37/h1-22,27,32H. The van der Waals surface area contributed by atoms with E-state index in [0.717, 1.165) is 33.4 Å². The predicted molar refractivity (Wildman–Crippen MR) is 155 cm³/mol. The third-order valence-electron chi connectivity index (χ3n) is 7.87. The monoisotopic (exact) mass is 488 g/mol. The van der Waals surface area contributed by atoms with Gasteiger partial charge in [-0.05, 0) is 42.0 Å². The molecule has 8 rings (SSSR count). The van der Waals surface area contributed by atoms with Crippen molar-refractivity contribution in [3.63, 3.8) is 0 Å². The predicted octanol–water partition coefficient (Wildman–Crippen LogP) is 7.95. The molecule has 38 heavy (non-hydrogen) atoms. The topological polar surface area (TPSA) is 33.4 Å². The maximum absolute atomic E-state index is 4.83. The third-order valence-corrected chi connectivity index (χ3v) is 7.87. The van der Waals surface area contributed by atoms with Crippen molar-refractivity contribution >= 4 is 27.8 Å². The highest BCUT2D eigenvalue weighted by Crippen LogP contribution is 2.47. The first kappa shape index (κ1) is 21.2. The lowest BCUT2D eigenvalue weighted by Crippen LogP contribution is -2.28. The second-order valence-electron chi connectivity index (χ2n) is 9.94. The summed E-state index contributed by atoms with van der Waals surface area (Å²) in [5.74, 6) is 0.392. The van der Waals surface area contributed by atoms with Crippen molar-refractivity contribution in [1.29, 1.82) is 0 Å². The van der Waals surface area contributed by atoms with Crippen LogP contribution in [0.2, 0.25) is 0 Å². The minimum atomic E-state index is 0.309. The molecule has 0 saturated heterocycles. The number of hydrogen-bond donors (Lipinski definition) is 0. The van der Waals surface area contributed by atoms with E-state index in [0.29, 0.717) is 12.0 Å². The van der Waals surface area contributed by atoms with Crippen LogP contribution in [0.4, 0.5) is 11.4 Å². The molecule has 1 aliphatic carbocycles. The molecule has 180 valence electrons. The molecule has 2 atom stereocenters. The van der Waals surface area contributed by atoms with Gasteiger partial charge in [-0.2, -0.15) is 5.10 Å². The Morgan fingerprint density at radius 3 is 2.34 bits per heavy atom. The smallest absolute Gasteiger partial charge is 0.0748 e. The summed E-state index contributed by atoms with van der Waals surface area (Å²) in [6, 6.07) is 34.7. The lowest BCUT2D eigenvalue weighted by molar-refractivity contribution is 0.745. The number of anilines is 2. The summed E-state index contributed by atoms with van der Waals surface area (Å²) in [5.41, 5.74) is 10.3. The first-order valence-corrected chi connectivity index (χ1v) is 13.0. The quantitative estimate of drug-likeness (QED) is 0.253. The van der Waals surface area contributed by atoms with E-state index in [1.807, 2.05) is 16.9 Å². The maximum Gasteiger partial charge on any atom is 0.0748 e. The van der Waals surface area contributed by atoms with Crippen LogP contribution in [0.15, 0.2) is 134 Å². The van der Waals surface area contributed by atoms with Crippen LogP contribution in [0.5, 0.6) is 0 Å². The van der Waals surface area contributed by atoms with Gasteiger partial charge < -0.3 is 4.90 Å². The van der Waals surface area contributed by atoms with Gasteiger partial charge in [-0.3, -0.25) is 4.98 Å². The van der Waals surface area contributed by atoms with Gasteiger partial charge in [0, 0.05) is 45.6 Å². The first-order chi connectivity index (χ1) is 18.8. The molecule has 0 radical (unpaired) electrons. The summed E-state index contributed by atoms with van der Waals surface area (Å²) in [4.78, 5) is 7.29. The van der Waals surface area contributed by atoms with Crippen LogP contribution >= 0.6 is 0 Å². The Kier molecular flexibility index (Phi) is 4.61. The third kappa shape index (κ3) is 3.17. The molecule has 0 bridgehead atoms. The number of hydrogen-bond acceptors (Lipinski definition) is 3. The van der Waals surface area contributed by atoms with Crippen LogP contribution in [0.3, 0.4) is 0 Å². The van der Waals surface area contributed by atoms with Crippen molar-refractivity contribution in [1.82, 2.24) is 14.6 Å². The highest BCUT2D eigenvalue weighted by Gasteiger charge is 2.36. The van der Waals surface area contributed by atoms with Gasteiger partial charge in [-0.15, -0.1) is 0 Å². The van der Waals surface area contributed by atoms with E-state index in [1.54, 1.807) is 0 Å². The van der Waals surface area contributed by atoms with E-state index in [9.17, 15) is 0 Å². The lowest BCUT2D eigenvalue weighted by atomic mass is 9.91. The average Bonchev–Trinajstić information content (AvgIpc) is 3.57. The van der Waals surface area contributed by atoms with Crippen molar-refractivity contribution in [2.24, 2.45) is 0 Å². The number of allylic oxidation sites excluding steroid dienone is 2. The molecule has 6 aromatic rings. The van der Waals surface area contributed by atoms with Crippen LogP contribution in [0.1, 0.15) is 11.5 Å². The molecule has 4 heterocycles. The summed E-state index contributed by atoms with van der Waals surface area (Å²) < 4.78 is 2.01. The highest BCUT2D eigenvalue weighted by molar-refractivity contribution is 5.88. The Balaban J connectivity index is 1.11. The zero-order chi connectivity index (χ0) is 25.1. The fourth-order valence-electron chi connectivity index (χ4n) is 6.03. The van der Waals surface area contributed by atoms with Gasteiger partial charge in [-0.1, -0.05) is 85.0 Å². The van der Waals surface area contributed by atoms with Gasteiger partial charge in [0.15, 0.2) is 0 Å². The Morgan fingerprint density at radius 1 is 0.632 bits per heavy atom. The molecule has 0 spiro atoms. The number of nitrogens with zero attached hydrogens (tertiary/aromatic N) is 4. The average molecular weight is 489 g/mol. The molecule has 2 aliphatic rings. The van der Waals surface area contributed by atoms with Crippen molar-refractivity contribution in [3.8, 4) is 22.4 Å². The van der Waals surface area contributed by atoms with Crippen molar-refractivity contribution < 1.29 is 0 Å². The molecule has 3 aromatic carbocycles. The van der Waals surface area contributed by atoms with Gasteiger partial charge in [0.25, 0.3) is 0 Å². The summed E-state index contributed by atoms with van der Waals surface area (Å²) in [6.45, 7) is 0. The van der Waals surface area contributed by atoms with Crippen LogP contribution in [-0.4, -0.2) is 20.6 Å². The second-order valence-corrected chi connectivity index (χ2v) is 9.94. The SMILES string of the molecule is C1=CC2c3ccccc3N(c3ccc(-c4ccc(-c5cnn6c5ccc5ccccc56)cn4)cc3)C2C=C1. The Hall–Kier alpha value is -4.96. The molecule has 0 saturated carbocycles. The van der Waals surface area contributed by atoms with Gasteiger partial charge in [-0.25, -0.2) is 4.52 Å². The molecule has 0 amide bonds. The summed E-state index contributed by atoms with van der Waals surface area (Å²) >= 11 is 0. The minimum Gasteiger partial charge on any atom is -0.333 e. The number of aromatic nitrogens is 3. The van der Waals surface area contributed by atoms with E-state index >= 15 is 0 Å². The number of benzene rings is 3. The van der Waals surface area contributed by atoms with E-state index in [2.05, 4.69) is 131 Å². The molecule has 0 fully saturated rings. The van der Waals surface area contributed by atoms with Crippen molar-refractivity contribution in [2.75, 3.05) is 4.90 Å². The van der Waals surface area contributed by atoms with Crippen LogP contribution in [-0.2, 0) is 0 Å². The summed E-state index contributed by atoms with van der Waals surface area (Å²) in [6.07, 6.45) is 12.8. The molecule has 1 aliphatic heterocycles. The molecule has 4 heteroatoms. The van der Waals surface area contributed by atoms with Crippen LogP contribution in [0.25, 0.3) is 38.8 Å². The molecule has 0 N–H and O–H groups in total. The van der Waals surface area contributed by atoms with Gasteiger partial charge in [0.05, 0.1) is 29.0 Å². The molecular formula is C34H24N4. The Morgan fingerprint density at radius 2 is 1.45 bits per heavy atom. The van der Waals surface area contributed by atoms with E-state index < -0.39 is 0 Å². The minimum absolute atomic E-state index is 0.309. The lowest BCUT2D eigenvalue weighted by Gasteiger charge is -2.28. The van der Waals surface area contributed by atoms with E-state index in [4.69, 9.17) is 4.98 Å². The largest absolute Gasteiger partial charge is 0.333 e. The van der Waals surface area contributed by atoms with Crippen LogP contribution in [0, 0.1) is 0 Å². The van der Waals surface area contributed by atoms with Crippen LogP contribution < -0.4 is 4.90 Å².